The van der Waals surface area contributed by atoms with Crippen molar-refractivity contribution in [3.63, 3.8) is 0 Å². The molecule has 128 valence electrons. The molecule has 0 amide bonds. The van der Waals surface area contributed by atoms with Crippen LogP contribution in [0.1, 0.15) is 79.1 Å². The molecule has 2 heteroatoms. The van der Waals surface area contributed by atoms with Gasteiger partial charge >= 0.3 is 0 Å². The summed E-state index contributed by atoms with van der Waals surface area (Å²) in [5.74, 6) is 1.30. The van der Waals surface area contributed by atoms with Gasteiger partial charge in [0.05, 0.1) is 0 Å². The summed E-state index contributed by atoms with van der Waals surface area (Å²) in [6.07, 6.45) is 9.90. The lowest BCUT2D eigenvalue weighted by molar-refractivity contribution is -0.115. The Morgan fingerprint density at radius 3 is 2.23 bits per heavy atom. The van der Waals surface area contributed by atoms with E-state index in [0.717, 1.165) is 44.9 Å². The molecule has 0 aromatic heterocycles. The molecule has 0 spiro atoms. The van der Waals surface area contributed by atoms with Crippen molar-refractivity contribution in [3.8, 4) is 0 Å². The van der Waals surface area contributed by atoms with Gasteiger partial charge in [0.1, 0.15) is 0 Å². The van der Waals surface area contributed by atoms with Crippen LogP contribution in [0.5, 0.6) is 0 Å². The predicted octanol–water partition coefficient (Wildman–Crippen LogP) is 5.46. The van der Waals surface area contributed by atoms with Gasteiger partial charge in [-0.2, -0.15) is 0 Å². The summed E-state index contributed by atoms with van der Waals surface area (Å²) in [5, 5.41) is 8.88. The molecular formula is C20H36O2. The van der Waals surface area contributed by atoms with E-state index in [0.29, 0.717) is 18.3 Å². The SMILES string of the molecule is C=C(C)CCCC(C)CC(=O)C=C(C)CCC[C@H](C)CCO. The maximum atomic E-state index is 12.0. The number of aliphatic hydroxyl groups is 1. The van der Waals surface area contributed by atoms with Gasteiger partial charge in [0.25, 0.3) is 0 Å². The first kappa shape index (κ1) is 21.1. The lowest BCUT2D eigenvalue weighted by Gasteiger charge is -2.10. The van der Waals surface area contributed by atoms with Crippen molar-refractivity contribution in [2.45, 2.75) is 79.1 Å². The van der Waals surface area contributed by atoms with Crippen molar-refractivity contribution in [3.05, 3.63) is 23.8 Å². The number of carbonyl (C=O) groups is 1. The standard InChI is InChI=1S/C20H36O2/c1-16(2)8-6-10-18(4)14-20(22)15-19(5)11-7-9-17(3)12-13-21/h15,17-18,21H,1,6-14H2,2-5H3/t17-,18?/m0/s1. The Bertz CT molecular complexity index is 355. The molecule has 0 saturated carbocycles. The van der Waals surface area contributed by atoms with Gasteiger partial charge in [-0.05, 0) is 70.3 Å². The second kappa shape index (κ2) is 12.6. The Kier molecular flexibility index (Phi) is 12.1. The van der Waals surface area contributed by atoms with Crippen molar-refractivity contribution < 1.29 is 9.90 Å². The summed E-state index contributed by atoms with van der Waals surface area (Å²) in [5.41, 5.74) is 2.42. The zero-order valence-electron chi connectivity index (χ0n) is 15.2. The topological polar surface area (TPSA) is 37.3 Å². The maximum absolute atomic E-state index is 12.0. The first-order valence-electron chi connectivity index (χ1n) is 8.80. The highest BCUT2D eigenvalue weighted by atomic mass is 16.3. The molecule has 2 atom stereocenters. The number of allylic oxidation sites excluding steroid dienone is 3. The molecule has 2 nitrogen and oxygen atoms in total. The first-order chi connectivity index (χ1) is 10.3. The second-order valence-electron chi connectivity index (χ2n) is 7.13. The Morgan fingerprint density at radius 1 is 1.05 bits per heavy atom. The van der Waals surface area contributed by atoms with Crippen LogP contribution >= 0.6 is 0 Å². The predicted molar refractivity (Wildman–Crippen MR) is 95.9 cm³/mol. The van der Waals surface area contributed by atoms with E-state index >= 15 is 0 Å². The van der Waals surface area contributed by atoms with Gasteiger partial charge in [-0.15, -0.1) is 6.58 Å². The van der Waals surface area contributed by atoms with E-state index in [1.54, 1.807) is 0 Å². The summed E-state index contributed by atoms with van der Waals surface area (Å²) in [6.45, 7) is 12.6. The van der Waals surface area contributed by atoms with Gasteiger partial charge < -0.3 is 5.11 Å². The molecule has 22 heavy (non-hydrogen) atoms. The molecular weight excluding hydrogens is 272 g/mol. The van der Waals surface area contributed by atoms with Crippen molar-refractivity contribution in [2.75, 3.05) is 6.61 Å². The van der Waals surface area contributed by atoms with Gasteiger partial charge in [0.15, 0.2) is 5.78 Å². The third-order valence-corrected chi connectivity index (χ3v) is 4.15. The molecule has 0 aliphatic rings. The van der Waals surface area contributed by atoms with Crippen LogP contribution in [0.2, 0.25) is 0 Å². The lowest BCUT2D eigenvalue weighted by atomic mass is 9.95. The van der Waals surface area contributed by atoms with E-state index in [1.165, 1.54) is 11.1 Å². The van der Waals surface area contributed by atoms with Gasteiger partial charge in [-0.25, -0.2) is 0 Å². The number of carbonyl (C=O) groups excluding carboxylic acids is 1. The fraction of sp³-hybridized carbons (Fsp3) is 0.750. The number of ketones is 1. The fourth-order valence-electron chi connectivity index (χ4n) is 2.70. The maximum Gasteiger partial charge on any atom is 0.155 e. The number of aliphatic hydroxyl groups excluding tert-OH is 1. The summed E-state index contributed by atoms with van der Waals surface area (Å²) in [7, 11) is 0. The molecule has 0 rings (SSSR count). The van der Waals surface area contributed by atoms with Crippen LogP contribution in [0.4, 0.5) is 0 Å². The van der Waals surface area contributed by atoms with Gasteiger partial charge in [-0.1, -0.05) is 31.4 Å². The van der Waals surface area contributed by atoms with E-state index in [4.69, 9.17) is 5.11 Å². The van der Waals surface area contributed by atoms with Crippen LogP contribution in [0.25, 0.3) is 0 Å². The molecule has 0 aromatic carbocycles. The molecule has 1 N–H and O–H groups in total. The molecule has 0 aromatic rings. The van der Waals surface area contributed by atoms with Crippen LogP contribution in [0.3, 0.4) is 0 Å². The lowest BCUT2D eigenvalue weighted by Crippen LogP contribution is -2.04. The first-order valence-corrected chi connectivity index (χ1v) is 8.80. The Labute approximate surface area is 137 Å². The Balaban J connectivity index is 3.93. The van der Waals surface area contributed by atoms with Crippen molar-refractivity contribution >= 4 is 5.78 Å². The van der Waals surface area contributed by atoms with Crippen LogP contribution in [0.15, 0.2) is 23.8 Å². The van der Waals surface area contributed by atoms with Gasteiger partial charge in [-0.3, -0.25) is 4.79 Å². The average Bonchev–Trinajstić information content (AvgIpc) is 2.37. The quantitative estimate of drug-likeness (QED) is 0.362. The third-order valence-electron chi connectivity index (χ3n) is 4.15. The average molecular weight is 309 g/mol. The molecule has 0 radical (unpaired) electrons. The van der Waals surface area contributed by atoms with E-state index in [9.17, 15) is 4.79 Å². The zero-order chi connectivity index (χ0) is 17.0. The van der Waals surface area contributed by atoms with Crippen LogP contribution in [0, 0.1) is 11.8 Å². The van der Waals surface area contributed by atoms with E-state index < -0.39 is 0 Å². The third kappa shape index (κ3) is 12.8. The second-order valence-corrected chi connectivity index (χ2v) is 7.13. The Hall–Kier alpha value is -0.890. The molecule has 1 unspecified atom stereocenters. The number of hydrogen-bond acceptors (Lipinski definition) is 2. The molecule has 0 fully saturated rings. The smallest absolute Gasteiger partial charge is 0.155 e. The summed E-state index contributed by atoms with van der Waals surface area (Å²) >= 11 is 0. The van der Waals surface area contributed by atoms with Gasteiger partial charge in [0, 0.05) is 13.0 Å². The van der Waals surface area contributed by atoms with Crippen LogP contribution in [-0.4, -0.2) is 17.5 Å². The molecule has 0 aliphatic heterocycles. The van der Waals surface area contributed by atoms with Crippen molar-refractivity contribution in [2.24, 2.45) is 11.8 Å². The van der Waals surface area contributed by atoms with Crippen LogP contribution in [-0.2, 0) is 4.79 Å². The normalized spacial score (nSPS) is 14.7. The van der Waals surface area contributed by atoms with E-state index in [1.807, 2.05) is 6.08 Å². The Morgan fingerprint density at radius 2 is 1.64 bits per heavy atom. The van der Waals surface area contributed by atoms with Gasteiger partial charge in [0.2, 0.25) is 0 Å². The monoisotopic (exact) mass is 308 g/mol. The van der Waals surface area contributed by atoms with E-state index in [2.05, 4.69) is 34.3 Å². The minimum absolute atomic E-state index is 0.267. The molecule has 0 aliphatic carbocycles. The van der Waals surface area contributed by atoms with Crippen molar-refractivity contribution in [1.29, 1.82) is 0 Å². The largest absolute Gasteiger partial charge is 0.396 e. The van der Waals surface area contributed by atoms with Crippen molar-refractivity contribution in [1.82, 2.24) is 0 Å². The summed E-state index contributed by atoms with van der Waals surface area (Å²) in [4.78, 5) is 12.0. The minimum Gasteiger partial charge on any atom is -0.396 e. The minimum atomic E-state index is 0.267. The molecule has 0 saturated heterocycles. The summed E-state index contributed by atoms with van der Waals surface area (Å²) in [6, 6.07) is 0. The molecule has 0 bridgehead atoms. The fourth-order valence-corrected chi connectivity index (χ4v) is 2.70. The van der Waals surface area contributed by atoms with E-state index in [-0.39, 0.29) is 12.4 Å². The highest BCUT2D eigenvalue weighted by Gasteiger charge is 2.08. The van der Waals surface area contributed by atoms with Crippen LogP contribution < -0.4 is 0 Å². The summed E-state index contributed by atoms with van der Waals surface area (Å²) < 4.78 is 0. The number of rotatable bonds is 13. The highest BCUT2D eigenvalue weighted by Crippen LogP contribution is 2.17. The number of hydrogen-bond donors (Lipinski definition) is 1. The zero-order valence-corrected chi connectivity index (χ0v) is 15.2. The highest BCUT2D eigenvalue weighted by molar-refractivity contribution is 5.90. The molecule has 0 heterocycles.